The number of thiol groups is 1. The Morgan fingerprint density at radius 1 is 1.89 bits per heavy atom. The monoisotopic (exact) mass is 261 g/mol. The summed E-state index contributed by atoms with van der Waals surface area (Å²) in [5, 5.41) is 8.40. The predicted molar refractivity (Wildman–Crippen MR) is 47.0 cm³/mol. The van der Waals surface area contributed by atoms with Crippen LogP contribution in [0.4, 0.5) is 0 Å². The molecule has 0 aliphatic heterocycles. The highest BCUT2D eigenvalue weighted by molar-refractivity contribution is 14.1. The van der Waals surface area contributed by atoms with Crippen LogP contribution in [0.25, 0.3) is 0 Å². The zero-order valence-corrected chi connectivity index (χ0v) is 7.72. The van der Waals surface area contributed by atoms with Crippen molar-refractivity contribution in [3.05, 3.63) is 0 Å². The average Bonchev–Trinajstić information content (AvgIpc) is 1.82. The molecule has 0 aliphatic rings. The minimum Gasteiger partial charge on any atom is -0.480 e. The summed E-state index contributed by atoms with van der Waals surface area (Å²) < 4.78 is 2.62. The lowest BCUT2D eigenvalue weighted by Crippen LogP contribution is -2.30. The molecule has 0 fully saturated rings. The van der Waals surface area contributed by atoms with Gasteiger partial charge in [0.05, 0.1) is 0 Å². The number of aliphatic carboxylic acids is 1. The molecule has 0 saturated heterocycles. The highest BCUT2D eigenvalue weighted by Gasteiger charge is 2.12. The van der Waals surface area contributed by atoms with Gasteiger partial charge in [-0.05, 0) is 12.2 Å². The van der Waals surface area contributed by atoms with Crippen LogP contribution in [0.15, 0.2) is 0 Å². The summed E-state index contributed by atoms with van der Waals surface area (Å²) in [5.41, 5.74) is 0. The number of nitrogens with one attached hydrogen (secondary N) is 1. The van der Waals surface area contributed by atoms with E-state index in [4.69, 9.17) is 5.11 Å². The highest BCUT2D eigenvalue weighted by Crippen LogP contribution is 1.95. The Kier molecular flexibility index (Phi) is 5.61. The molecule has 0 aromatic carbocycles. The number of carboxylic acid groups (broad SMARTS) is 1. The Morgan fingerprint density at radius 3 is 2.56 bits per heavy atom. The first-order valence-corrected chi connectivity index (χ1v) is 4.13. The van der Waals surface area contributed by atoms with Gasteiger partial charge in [-0.2, -0.15) is 12.6 Å². The average molecular weight is 261 g/mol. The first kappa shape index (κ1) is 9.51. The summed E-state index contributed by atoms with van der Waals surface area (Å²) in [5.74, 6) is -0.231. The minimum absolute atomic E-state index is 0.455. The van der Waals surface area contributed by atoms with Gasteiger partial charge in [0.1, 0.15) is 6.04 Å². The zero-order valence-electron chi connectivity index (χ0n) is 4.67. The lowest BCUT2D eigenvalue weighted by Gasteiger charge is -2.05. The molecular weight excluding hydrogens is 253 g/mol. The number of rotatable bonds is 4. The molecule has 0 bridgehead atoms. The SMILES string of the molecule is O=C(O)[C@H](CCS)NI. The summed E-state index contributed by atoms with van der Waals surface area (Å²) in [6.07, 6.45) is 0.557. The standard InChI is InChI=1S/C4H8INO2S/c5-6-3(1-2-9)4(7)8/h3,6,9H,1-2H2,(H,7,8)/t3-/m0/s1. The second kappa shape index (κ2) is 5.31. The first-order valence-electron chi connectivity index (χ1n) is 2.42. The van der Waals surface area contributed by atoms with Crippen LogP contribution in [0.2, 0.25) is 0 Å². The fraction of sp³-hybridized carbons (Fsp3) is 0.750. The van der Waals surface area contributed by atoms with Gasteiger partial charge in [-0.1, -0.05) is 0 Å². The molecule has 0 aromatic heterocycles. The highest BCUT2D eigenvalue weighted by atomic mass is 127. The van der Waals surface area contributed by atoms with E-state index in [1.165, 1.54) is 0 Å². The van der Waals surface area contributed by atoms with Gasteiger partial charge in [-0.15, -0.1) is 0 Å². The molecule has 0 saturated carbocycles. The summed E-state index contributed by atoms with van der Waals surface area (Å²) in [7, 11) is 0. The molecule has 1 atom stereocenters. The lowest BCUT2D eigenvalue weighted by atomic mass is 10.2. The van der Waals surface area contributed by atoms with Gasteiger partial charge in [-0.3, -0.25) is 4.79 Å². The minimum atomic E-state index is -0.821. The van der Waals surface area contributed by atoms with E-state index < -0.39 is 12.0 Å². The Labute approximate surface area is 73.1 Å². The van der Waals surface area contributed by atoms with Gasteiger partial charge in [0.2, 0.25) is 0 Å². The van der Waals surface area contributed by atoms with E-state index in [9.17, 15) is 4.79 Å². The van der Waals surface area contributed by atoms with Crippen LogP contribution in [0, 0.1) is 0 Å². The van der Waals surface area contributed by atoms with Crippen LogP contribution in [0.5, 0.6) is 0 Å². The maximum atomic E-state index is 10.2. The van der Waals surface area contributed by atoms with E-state index in [-0.39, 0.29) is 0 Å². The summed E-state index contributed by atoms with van der Waals surface area (Å²) in [6.45, 7) is 0. The molecule has 2 N–H and O–H groups in total. The predicted octanol–water partition coefficient (Wildman–Crippen LogP) is 0.699. The Morgan fingerprint density at radius 2 is 2.44 bits per heavy atom. The Balaban J connectivity index is 3.54. The van der Waals surface area contributed by atoms with Gasteiger partial charge < -0.3 is 5.11 Å². The fourth-order valence-corrected chi connectivity index (χ4v) is 1.19. The van der Waals surface area contributed by atoms with Crippen LogP contribution in [-0.2, 0) is 4.79 Å². The Hall–Kier alpha value is 0.510. The van der Waals surface area contributed by atoms with Gasteiger partial charge >= 0.3 is 5.97 Å². The van der Waals surface area contributed by atoms with Crippen molar-refractivity contribution in [3.63, 3.8) is 0 Å². The zero-order chi connectivity index (χ0) is 7.28. The van der Waals surface area contributed by atoms with Crippen LogP contribution in [0.1, 0.15) is 6.42 Å². The molecular formula is C4H8INO2S. The quantitative estimate of drug-likeness (QED) is 0.396. The fourth-order valence-electron chi connectivity index (χ4n) is 0.354. The molecule has 0 rings (SSSR count). The summed E-state index contributed by atoms with van der Waals surface area (Å²) in [6, 6.07) is -0.455. The lowest BCUT2D eigenvalue weighted by molar-refractivity contribution is -0.138. The second-order valence-electron chi connectivity index (χ2n) is 1.51. The molecule has 0 spiro atoms. The van der Waals surface area contributed by atoms with Gasteiger partial charge in [-0.25, -0.2) is 3.53 Å². The van der Waals surface area contributed by atoms with Gasteiger partial charge in [0.25, 0.3) is 0 Å². The molecule has 0 unspecified atom stereocenters. The van der Waals surface area contributed by atoms with E-state index in [0.29, 0.717) is 12.2 Å². The second-order valence-corrected chi connectivity index (χ2v) is 2.58. The van der Waals surface area contributed by atoms with Crippen molar-refractivity contribution in [2.75, 3.05) is 5.75 Å². The number of hydrogen-bond donors (Lipinski definition) is 3. The smallest absolute Gasteiger partial charge is 0.321 e. The van der Waals surface area contributed by atoms with Crippen molar-refractivity contribution in [1.82, 2.24) is 3.53 Å². The van der Waals surface area contributed by atoms with Crippen molar-refractivity contribution in [3.8, 4) is 0 Å². The first-order chi connectivity index (χ1) is 4.22. The van der Waals surface area contributed by atoms with Crippen molar-refractivity contribution >= 4 is 41.5 Å². The largest absolute Gasteiger partial charge is 0.480 e. The molecule has 5 heteroatoms. The number of carbonyl (C=O) groups is 1. The van der Waals surface area contributed by atoms with E-state index in [1.54, 1.807) is 0 Å². The van der Waals surface area contributed by atoms with Crippen LogP contribution in [-0.4, -0.2) is 22.9 Å². The summed E-state index contributed by atoms with van der Waals surface area (Å²) >= 11 is 5.73. The molecule has 0 aliphatic carbocycles. The van der Waals surface area contributed by atoms with Gasteiger partial charge in [0, 0.05) is 22.9 Å². The van der Waals surface area contributed by atoms with Gasteiger partial charge in [0.15, 0.2) is 0 Å². The maximum absolute atomic E-state index is 10.2. The van der Waals surface area contributed by atoms with Crippen molar-refractivity contribution in [1.29, 1.82) is 0 Å². The Bertz CT molecular complexity index is 101. The molecule has 0 aromatic rings. The van der Waals surface area contributed by atoms with E-state index in [1.807, 2.05) is 22.9 Å². The van der Waals surface area contributed by atoms with Crippen molar-refractivity contribution < 1.29 is 9.90 Å². The summed E-state index contributed by atoms with van der Waals surface area (Å²) in [4.78, 5) is 10.2. The van der Waals surface area contributed by atoms with Crippen LogP contribution in [0.3, 0.4) is 0 Å². The van der Waals surface area contributed by atoms with E-state index in [0.717, 1.165) is 0 Å². The number of carboxylic acids is 1. The number of hydrogen-bond acceptors (Lipinski definition) is 3. The van der Waals surface area contributed by atoms with Crippen LogP contribution < -0.4 is 3.53 Å². The third kappa shape index (κ3) is 3.99. The van der Waals surface area contributed by atoms with E-state index in [2.05, 4.69) is 16.2 Å². The maximum Gasteiger partial charge on any atom is 0.321 e. The topological polar surface area (TPSA) is 49.3 Å². The van der Waals surface area contributed by atoms with Crippen molar-refractivity contribution in [2.45, 2.75) is 12.5 Å². The molecule has 9 heavy (non-hydrogen) atoms. The molecule has 54 valence electrons. The molecule has 0 amide bonds. The van der Waals surface area contributed by atoms with E-state index >= 15 is 0 Å². The normalized spacial score (nSPS) is 13.1. The third-order valence-electron chi connectivity index (χ3n) is 0.848. The number of halogens is 1. The molecule has 0 heterocycles. The molecule has 0 radical (unpaired) electrons. The van der Waals surface area contributed by atoms with Crippen molar-refractivity contribution in [2.24, 2.45) is 0 Å². The third-order valence-corrected chi connectivity index (χ3v) is 1.86. The van der Waals surface area contributed by atoms with Crippen LogP contribution >= 0.6 is 35.5 Å². The molecule has 3 nitrogen and oxygen atoms in total.